The molecule has 0 bridgehead atoms. The number of piperazine rings is 1. The van der Waals surface area contributed by atoms with Crippen molar-refractivity contribution in [1.82, 2.24) is 9.80 Å². The van der Waals surface area contributed by atoms with E-state index in [9.17, 15) is 4.79 Å². The Morgan fingerprint density at radius 3 is 2.23 bits per heavy atom. The molecular weight excluding hydrogens is 278 g/mol. The molecule has 0 aromatic rings. The van der Waals surface area contributed by atoms with Gasteiger partial charge >= 0.3 is 6.09 Å². The fourth-order valence-electron chi connectivity index (χ4n) is 3.37. The number of carbonyl (C=O) groups excluding carboxylic acids is 1. The largest absolute Gasteiger partial charge is 0.444 e. The molecule has 2 rings (SSSR count). The van der Waals surface area contributed by atoms with Gasteiger partial charge in [0, 0.05) is 38.3 Å². The van der Waals surface area contributed by atoms with Crippen LogP contribution in [0.1, 0.15) is 59.3 Å². The van der Waals surface area contributed by atoms with Crippen molar-refractivity contribution < 1.29 is 9.53 Å². The predicted molar refractivity (Wildman–Crippen MR) is 88.9 cm³/mol. The first-order chi connectivity index (χ1) is 10.3. The summed E-state index contributed by atoms with van der Waals surface area (Å²) in [5.74, 6) is 0. The Bertz CT molecular complexity index is 365. The van der Waals surface area contributed by atoms with Gasteiger partial charge in [0.1, 0.15) is 5.60 Å². The van der Waals surface area contributed by atoms with E-state index in [0.29, 0.717) is 0 Å². The molecule has 22 heavy (non-hydrogen) atoms. The van der Waals surface area contributed by atoms with Crippen molar-refractivity contribution in [1.29, 1.82) is 0 Å². The van der Waals surface area contributed by atoms with E-state index in [0.717, 1.165) is 39.1 Å². The van der Waals surface area contributed by atoms with Crippen molar-refractivity contribution in [3.8, 4) is 0 Å². The summed E-state index contributed by atoms with van der Waals surface area (Å²) >= 11 is 0. The molecule has 5 heteroatoms. The van der Waals surface area contributed by atoms with E-state index in [2.05, 4.69) is 4.90 Å². The first-order valence-electron chi connectivity index (χ1n) is 8.77. The van der Waals surface area contributed by atoms with Gasteiger partial charge in [-0.1, -0.05) is 19.3 Å². The maximum Gasteiger partial charge on any atom is 0.410 e. The third-order valence-electron chi connectivity index (χ3n) is 4.80. The normalized spacial score (nSPS) is 23.4. The lowest BCUT2D eigenvalue weighted by molar-refractivity contribution is 0.0138. The minimum atomic E-state index is -0.416. The van der Waals surface area contributed by atoms with Crippen LogP contribution in [0.3, 0.4) is 0 Å². The molecular formula is C17H33N3O2. The van der Waals surface area contributed by atoms with E-state index >= 15 is 0 Å². The number of nitrogens with zero attached hydrogens (tertiary/aromatic N) is 2. The maximum absolute atomic E-state index is 12.0. The van der Waals surface area contributed by atoms with Crippen LogP contribution in [-0.4, -0.2) is 59.8 Å². The van der Waals surface area contributed by atoms with E-state index < -0.39 is 5.60 Å². The highest BCUT2D eigenvalue weighted by molar-refractivity contribution is 5.68. The van der Waals surface area contributed by atoms with Crippen LogP contribution in [0.2, 0.25) is 0 Å². The molecule has 1 aliphatic carbocycles. The molecule has 2 N–H and O–H groups in total. The summed E-state index contributed by atoms with van der Waals surface area (Å²) in [6.07, 6.45) is 7.14. The number of hydrogen-bond acceptors (Lipinski definition) is 4. The topological polar surface area (TPSA) is 58.8 Å². The summed E-state index contributed by atoms with van der Waals surface area (Å²) in [4.78, 5) is 16.3. The molecule has 1 saturated carbocycles. The van der Waals surface area contributed by atoms with Gasteiger partial charge in [-0.05, 0) is 40.0 Å². The Labute approximate surface area is 135 Å². The third-order valence-corrected chi connectivity index (χ3v) is 4.80. The van der Waals surface area contributed by atoms with Gasteiger partial charge < -0.3 is 15.4 Å². The molecule has 0 atom stereocenters. The van der Waals surface area contributed by atoms with Crippen molar-refractivity contribution in [3.05, 3.63) is 0 Å². The van der Waals surface area contributed by atoms with Crippen molar-refractivity contribution in [2.45, 2.75) is 70.4 Å². The first kappa shape index (κ1) is 17.5. The van der Waals surface area contributed by atoms with E-state index in [1.165, 1.54) is 32.1 Å². The van der Waals surface area contributed by atoms with Crippen LogP contribution in [0.4, 0.5) is 4.79 Å². The smallest absolute Gasteiger partial charge is 0.410 e. The highest BCUT2D eigenvalue weighted by Crippen LogP contribution is 2.28. The molecule has 5 nitrogen and oxygen atoms in total. The summed E-state index contributed by atoms with van der Waals surface area (Å²) in [5.41, 5.74) is 6.15. The Kier molecular flexibility index (Phi) is 5.72. The summed E-state index contributed by atoms with van der Waals surface area (Å²) < 4.78 is 5.43. The van der Waals surface area contributed by atoms with E-state index in [1.807, 2.05) is 25.7 Å². The second-order valence-corrected chi connectivity index (χ2v) is 7.98. The van der Waals surface area contributed by atoms with Crippen molar-refractivity contribution in [2.24, 2.45) is 5.73 Å². The van der Waals surface area contributed by atoms with Gasteiger partial charge in [-0.3, -0.25) is 4.90 Å². The van der Waals surface area contributed by atoms with E-state index in [1.54, 1.807) is 0 Å². The van der Waals surface area contributed by atoms with Gasteiger partial charge in [0.25, 0.3) is 0 Å². The predicted octanol–water partition coefficient (Wildman–Crippen LogP) is 2.59. The lowest BCUT2D eigenvalue weighted by Crippen LogP contribution is -2.52. The molecule has 1 saturated heterocycles. The zero-order valence-electron chi connectivity index (χ0n) is 14.6. The molecule has 0 radical (unpaired) electrons. The number of nitrogens with two attached hydrogens (primary N) is 1. The SMILES string of the molecule is CC(C)(C)OC(=O)N1CCN(CCC2(N)CCCCC2)CC1. The second-order valence-electron chi connectivity index (χ2n) is 7.98. The number of rotatable bonds is 3. The van der Waals surface area contributed by atoms with Crippen LogP contribution in [-0.2, 0) is 4.74 Å². The fraction of sp³-hybridized carbons (Fsp3) is 0.941. The monoisotopic (exact) mass is 311 g/mol. The molecule has 2 aliphatic rings. The number of carbonyl (C=O) groups is 1. The van der Waals surface area contributed by atoms with Crippen LogP contribution >= 0.6 is 0 Å². The second kappa shape index (κ2) is 7.18. The maximum atomic E-state index is 12.0. The van der Waals surface area contributed by atoms with Crippen LogP contribution in [0.15, 0.2) is 0 Å². The van der Waals surface area contributed by atoms with Crippen LogP contribution in [0.5, 0.6) is 0 Å². The van der Waals surface area contributed by atoms with Gasteiger partial charge in [-0.15, -0.1) is 0 Å². The van der Waals surface area contributed by atoms with Crippen LogP contribution in [0, 0.1) is 0 Å². The Hall–Kier alpha value is -0.810. The number of ether oxygens (including phenoxy) is 1. The molecule has 0 unspecified atom stereocenters. The molecule has 1 heterocycles. The van der Waals surface area contributed by atoms with Crippen LogP contribution in [0.25, 0.3) is 0 Å². The minimum Gasteiger partial charge on any atom is -0.444 e. The Balaban J connectivity index is 1.70. The Morgan fingerprint density at radius 2 is 1.68 bits per heavy atom. The van der Waals surface area contributed by atoms with Crippen molar-refractivity contribution in [3.63, 3.8) is 0 Å². The molecule has 0 aromatic carbocycles. The van der Waals surface area contributed by atoms with Crippen LogP contribution < -0.4 is 5.73 Å². The average molecular weight is 311 g/mol. The molecule has 128 valence electrons. The highest BCUT2D eigenvalue weighted by atomic mass is 16.6. The third kappa shape index (κ3) is 5.43. The first-order valence-corrected chi connectivity index (χ1v) is 8.77. The van der Waals surface area contributed by atoms with E-state index in [4.69, 9.17) is 10.5 Å². The van der Waals surface area contributed by atoms with Gasteiger partial charge in [-0.2, -0.15) is 0 Å². The molecule has 0 spiro atoms. The van der Waals surface area contributed by atoms with Gasteiger partial charge in [0.2, 0.25) is 0 Å². The molecule has 1 amide bonds. The van der Waals surface area contributed by atoms with Gasteiger partial charge in [0.15, 0.2) is 0 Å². The van der Waals surface area contributed by atoms with Gasteiger partial charge in [-0.25, -0.2) is 4.79 Å². The summed E-state index contributed by atoms with van der Waals surface area (Å²) in [6, 6.07) is 0. The van der Waals surface area contributed by atoms with Crippen molar-refractivity contribution >= 4 is 6.09 Å². The average Bonchev–Trinajstić information content (AvgIpc) is 2.45. The van der Waals surface area contributed by atoms with Crippen molar-refractivity contribution in [2.75, 3.05) is 32.7 Å². The standard InChI is InChI=1S/C17H33N3O2/c1-16(2,3)22-15(21)20-13-11-19(12-14-20)10-9-17(18)7-5-4-6-8-17/h4-14,18H2,1-3H3. The zero-order chi connectivity index (χ0) is 16.2. The van der Waals surface area contributed by atoms with Gasteiger partial charge in [0.05, 0.1) is 0 Å². The lowest BCUT2D eigenvalue weighted by Gasteiger charge is -2.39. The summed E-state index contributed by atoms with van der Waals surface area (Å²) in [7, 11) is 0. The summed E-state index contributed by atoms with van der Waals surface area (Å²) in [6.45, 7) is 10.1. The summed E-state index contributed by atoms with van der Waals surface area (Å²) in [5, 5.41) is 0. The Morgan fingerprint density at radius 1 is 1.09 bits per heavy atom. The fourth-order valence-corrected chi connectivity index (χ4v) is 3.37. The lowest BCUT2D eigenvalue weighted by atomic mass is 9.80. The number of amides is 1. The quantitative estimate of drug-likeness (QED) is 0.870. The zero-order valence-corrected chi connectivity index (χ0v) is 14.6. The molecule has 1 aliphatic heterocycles. The van der Waals surface area contributed by atoms with E-state index in [-0.39, 0.29) is 11.6 Å². The highest BCUT2D eigenvalue weighted by Gasteiger charge is 2.29. The molecule has 2 fully saturated rings. The molecule has 0 aromatic heterocycles. The minimum absolute atomic E-state index is 0.0561. The number of hydrogen-bond donors (Lipinski definition) is 1.